The van der Waals surface area contributed by atoms with E-state index in [1.165, 1.54) is 18.2 Å². The number of anilines is 2. The molecular weight excluding hydrogens is 274 g/mol. The molecule has 2 rings (SSSR count). The van der Waals surface area contributed by atoms with Gasteiger partial charge in [-0.3, -0.25) is 14.9 Å². The predicted octanol–water partition coefficient (Wildman–Crippen LogP) is 2.21. The molecule has 0 aliphatic heterocycles. The maximum Gasteiger partial charge on any atom is 0.304 e. The lowest BCUT2D eigenvalue weighted by Gasteiger charge is -2.12. The number of nitrogens with zero attached hydrogens (tertiary/aromatic N) is 3. The second-order valence-electron chi connectivity index (χ2n) is 4.71. The lowest BCUT2D eigenvalue weighted by molar-refractivity contribution is -0.384. The number of nitrogens with one attached hydrogen (secondary N) is 1. The number of nitrogen functional groups attached to an aromatic ring is 1. The van der Waals surface area contributed by atoms with Crippen LogP contribution in [0.5, 0.6) is 0 Å². The Morgan fingerprint density at radius 1 is 1.43 bits per heavy atom. The van der Waals surface area contributed by atoms with Gasteiger partial charge in [0.25, 0.3) is 5.91 Å². The van der Waals surface area contributed by atoms with Crippen molar-refractivity contribution < 1.29 is 9.72 Å². The summed E-state index contributed by atoms with van der Waals surface area (Å²) in [5, 5.41) is 17.7. The fourth-order valence-electron chi connectivity index (χ4n) is 1.96. The van der Waals surface area contributed by atoms with Gasteiger partial charge in [-0.2, -0.15) is 5.10 Å². The molecule has 8 nitrogen and oxygen atoms in total. The Hall–Kier alpha value is -2.90. The minimum Gasteiger partial charge on any atom is -0.393 e. The van der Waals surface area contributed by atoms with Crippen LogP contribution in [0.2, 0.25) is 0 Å². The first-order chi connectivity index (χ1) is 9.91. The van der Waals surface area contributed by atoms with Gasteiger partial charge in [-0.15, -0.1) is 0 Å². The Kier molecular flexibility index (Phi) is 3.88. The van der Waals surface area contributed by atoms with Crippen molar-refractivity contribution >= 4 is 23.1 Å². The molecule has 3 N–H and O–H groups in total. The van der Waals surface area contributed by atoms with Gasteiger partial charge >= 0.3 is 5.69 Å². The number of benzene rings is 1. The van der Waals surface area contributed by atoms with Crippen LogP contribution in [0.3, 0.4) is 0 Å². The third-order valence-electron chi connectivity index (χ3n) is 2.90. The zero-order chi connectivity index (χ0) is 15.6. The van der Waals surface area contributed by atoms with Crippen molar-refractivity contribution in [1.29, 1.82) is 0 Å². The van der Waals surface area contributed by atoms with E-state index >= 15 is 0 Å². The van der Waals surface area contributed by atoms with Gasteiger partial charge in [0.05, 0.1) is 11.1 Å². The number of para-hydroxylation sites is 1. The molecule has 2 aromatic rings. The van der Waals surface area contributed by atoms with E-state index < -0.39 is 16.5 Å². The maximum absolute atomic E-state index is 12.3. The molecule has 1 aromatic carbocycles. The molecule has 1 heterocycles. The van der Waals surface area contributed by atoms with Gasteiger partial charge in [-0.25, -0.2) is 4.68 Å². The average Bonchev–Trinajstić information content (AvgIpc) is 2.86. The number of rotatable bonds is 4. The SMILES string of the molecule is CC(C)n1nccc1NC(=O)c1cccc(N)c1[N+](=O)[O-]. The Balaban J connectivity index is 2.35. The molecule has 1 amide bonds. The van der Waals surface area contributed by atoms with E-state index in [1.54, 1.807) is 16.9 Å². The molecule has 0 spiro atoms. The highest BCUT2D eigenvalue weighted by atomic mass is 16.6. The van der Waals surface area contributed by atoms with Crippen LogP contribution in [0, 0.1) is 10.1 Å². The van der Waals surface area contributed by atoms with Gasteiger partial charge in [0.1, 0.15) is 17.1 Å². The number of aromatic nitrogens is 2. The first-order valence-corrected chi connectivity index (χ1v) is 6.29. The first kappa shape index (κ1) is 14.5. The van der Waals surface area contributed by atoms with E-state index in [-0.39, 0.29) is 17.3 Å². The number of carbonyl (C=O) groups excluding carboxylic acids is 1. The molecule has 0 bridgehead atoms. The summed E-state index contributed by atoms with van der Waals surface area (Å²) in [7, 11) is 0. The topological polar surface area (TPSA) is 116 Å². The van der Waals surface area contributed by atoms with Gasteiger partial charge < -0.3 is 11.1 Å². The fourth-order valence-corrected chi connectivity index (χ4v) is 1.96. The van der Waals surface area contributed by atoms with Crippen molar-refractivity contribution in [3.8, 4) is 0 Å². The van der Waals surface area contributed by atoms with Crippen molar-refractivity contribution in [3.05, 3.63) is 46.1 Å². The molecule has 0 atom stereocenters. The molecule has 1 aromatic heterocycles. The smallest absolute Gasteiger partial charge is 0.304 e. The minimum absolute atomic E-state index is 0.0473. The molecule has 0 radical (unpaired) electrons. The third kappa shape index (κ3) is 2.83. The van der Waals surface area contributed by atoms with Crippen LogP contribution in [0.15, 0.2) is 30.5 Å². The number of nitrogens with two attached hydrogens (primary N) is 1. The van der Waals surface area contributed by atoms with Crippen molar-refractivity contribution in [3.63, 3.8) is 0 Å². The molecule has 0 saturated heterocycles. The molecule has 0 aliphatic carbocycles. The Bertz CT molecular complexity index is 693. The number of nitro benzene ring substituents is 1. The lowest BCUT2D eigenvalue weighted by Crippen LogP contribution is -2.18. The van der Waals surface area contributed by atoms with Crippen molar-refractivity contribution in [2.75, 3.05) is 11.1 Å². The number of nitro groups is 1. The average molecular weight is 289 g/mol. The fraction of sp³-hybridized carbons (Fsp3) is 0.231. The van der Waals surface area contributed by atoms with E-state index in [9.17, 15) is 14.9 Å². The van der Waals surface area contributed by atoms with Crippen LogP contribution in [0.4, 0.5) is 17.2 Å². The number of hydrogen-bond donors (Lipinski definition) is 2. The Labute approximate surface area is 120 Å². The molecule has 110 valence electrons. The van der Waals surface area contributed by atoms with Crippen LogP contribution in [-0.2, 0) is 0 Å². The van der Waals surface area contributed by atoms with Crippen LogP contribution >= 0.6 is 0 Å². The highest BCUT2D eigenvalue weighted by Gasteiger charge is 2.24. The van der Waals surface area contributed by atoms with Crippen molar-refractivity contribution in [2.24, 2.45) is 0 Å². The van der Waals surface area contributed by atoms with Gasteiger partial charge in [-0.05, 0) is 26.0 Å². The zero-order valence-electron chi connectivity index (χ0n) is 11.6. The highest BCUT2D eigenvalue weighted by Crippen LogP contribution is 2.26. The molecule has 0 aliphatic rings. The molecule has 8 heteroatoms. The van der Waals surface area contributed by atoms with E-state index in [2.05, 4.69) is 10.4 Å². The Morgan fingerprint density at radius 3 is 2.76 bits per heavy atom. The minimum atomic E-state index is -0.663. The summed E-state index contributed by atoms with van der Waals surface area (Å²) in [6.45, 7) is 3.82. The maximum atomic E-state index is 12.3. The normalized spacial score (nSPS) is 10.6. The zero-order valence-corrected chi connectivity index (χ0v) is 11.6. The quantitative estimate of drug-likeness (QED) is 0.508. The predicted molar refractivity (Wildman–Crippen MR) is 78.1 cm³/mol. The summed E-state index contributed by atoms with van der Waals surface area (Å²) in [6.07, 6.45) is 1.55. The van der Waals surface area contributed by atoms with Gasteiger partial charge in [0, 0.05) is 12.1 Å². The summed E-state index contributed by atoms with van der Waals surface area (Å²) < 4.78 is 1.61. The second-order valence-corrected chi connectivity index (χ2v) is 4.71. The van der Waals surface area contributed by atoms with E-state index in [0.29, 0.717) is 5.82 Å². The summed E-state index contributed by atoms with van der Waals surface area (Å²) in [5.41, 5.74) is 5.04. The number of carbonyl (C=O) groups is 1. The van der Waals surface area contributed by atoms with Gasteiger partial charge in [0.2, 0.25) is 0 Å². The summed E-state index contributed by atoms with van der Waals surface area (Å²) >= 11 is 0. The summed E-state index contributed by atoms with van der Waals surface area (Å²) in [4.78, 5) is 22.6. The Morgan fingerprint density at radius 2 is 2.14 bits per heavy atom. The van der Waals surface area contributed by atoms with E-state index in [1.807, 2.05) is 13.8 Å². The van der Waals surface area contributed by atoms with Crippen LogP contribution in [0.1, 0.15) is 30.2 Å². The monoisotopic (exact) mass is 289 g/mol. The molecule has 0 unspecified atom stereocenters. The first-order valence-electron chi connectivity index (χ1n) is 6.29. The van der Waals surface area contributed by atoms with Crippen molar-refractivity contribution in [1.82, 2.24) is 9.78 Å². The van der Waals surface area contributed by atoms with Crippen LogP contribution in [0.25, 0.3) is 0 Å². The number of hydrogen-bond acceptors (Lipinski definition) is 5. The largest absolute Gasteiger partial charge is 0.393 e. The molecule has 21 heavy (non-hydrogen) atoms. The molecule has 0 fully saturated rings. The second kappa shape index (κ2) is 5.61. The molecule has 0 saturated carbocycles. The van der Waals surface area contributed by atoms with E-state index in [4.69, 9.17) is 5.73 Å². The summed E-state index contributed by atoms with van der Waals surface area (Å²) in [6, 6.07) is 5.91. The standard InChI is InChI=1S/C13H15N5O3/c1-8(2)17-11(6-7-15-17)16-13(19)9-4-3-5-10(14)12(9)18(20)21/h3-8H,14H2,1-2H3,(H,16,19). The summed E-state index contributed by atoms with van der Waals surface area (Å²) in [5.74, 6) is -0.136. The molecular formula is C13H15N5O3. The number of amides is 1. The van der Waals surface area contributed by atoms with Crippen LogP contribution < -0.4 is 11.1 Å². The third-order valence-corrected chi connectivity index (χ3v) is 2.90. The van der Waals surface area contributed by atoms with Gasteiger partial charge in [-0.1, -0.05) is 6.07 Å². The van der Waals surface area contributed by atoms with Crippen molar-refractivity contribution in [2.45, 2.75) is 19.9 Å². The van der Waals surface area contributed by atoms with Gasteiger partial charge in [0.15, 0.2) is 0 Å². The highest BCUT2D eigenvalue weighted by molar-refractivity contribution is 6.08. The van der Waals surface area contributed by atoms with E-state index in [0.717, 1.165) is 0 Å². The van der Waals surface area contributed by atoms with Crippen LogP contribution in [-0.4, -0.2) is 20.6 Å². The lowest BCUT2D eigenvalue weighted by atomic mass is 10.1.